The minimum Gasteiger partial charge on any atom is -0.748 e. The average Bonchev–Trinajstić information content (AvgIpc) is 2.72. The second kappa shape index (κ2) is 33.6. The Labute approximate surface area is 335 Å². The molecule has 50 heavy (non-hydrogen) atoms. The van der Waals surface area contributed by atoms with Gasteiger partial charge < -0.3 is 28.5 Å². The molecule has 0 heterocycles. The molecule has 1 aromatic rings. The summed E-state index contributed by atoms with van der Waals surface area (Å²) in [5.41, 5.74) is -3.47. The van der Waals surface area contributed by atoms with Gasteiger partial charge in [-0.15, -0.1) is 0 Å². The summed E-state index contributed by atoms with van der Waals surface area (Å²) in [4.78, 5) is 23.6. The summed E-state index contributed by atoms with van der Waals surface area (Å²) in [6, 6.07) is 4.67. The van der Waals surface area contributed by atoms with E-state index >= 15 is 0 Å². The molecular formula is C36H83NaO11S2-2. The quantitative estimate of drug-likeness (QED) is 0.110. The number of carboxylic acids is 1. The fraction of sp³-hybridized carbons (Fsp3) is 0.778. The van der Waals surface area contributed by atoms with E-state index in [9.17, 15) is 40.6 Å². The van der Waals surface area contributed by atoms with Crippen LogP contribution in [0.3, 0.4) is 0 Å². The summed E-state index contributed by atoms with van der Waals surface area (Å²) in [6.07, 6.45) is 0.158. The molecule has 3 atom stereocenters. The zero-order valence-corrected chi connectivity index (χ0v) is 26.6. The molecule has 0 spiro atoms. The Hall–Kier alpha value is -1.22. The van der Waals surface area contributed by atoms with Gasteiger partial charge in [0, 0.05) is 17.1 Å². The van der Waals surface area contributed by atoms with Crippen molar-refractivity contribution in [3.05, 3.63) is 24.3 Å². The molecule has 0 aliphatic rings. The first-order valence-electron chi connectivity index (χ1n) is 11.6. The number of carboxylic acid groups (broad SMARTS) is 1. The third-order valence-electron chi connectivity index (χ3n) is 6.25. The van der Waals surface area contributed by atoms with E-state index in [4.69, 9.17) is 9.47 Å². The van der Waals surface area contributed by atoms with Crippen molar-refractivity contribution in [2.24, 2.45) is 22.2 Å². The van der Waals surface area contributed by atoms with Crippen molar-refractivity contribution in [2.75, 3.05) is 19.5 Å². The van der Waals surface area contributed by atoms with Crippen molar-refractivity contribution < 1.29 is 79.7 Å². The van der Waals surface area contributed by atoms with Crippen LogP contribution < -0.4 is 39.4 Å². The number of esters is 1. The number of carbonyl (C=O) groups excluding carboxylic acids is 2. The Morgan fingerprint density at radius 2 is 1.14 bits per heavy atom. The first-order chi connectivity index (χ1) is 16.7. The number of rotatable bonds is 15. The first-order valence-corrected chi connectivity index (χ1v) is 14.6. The van der Waals surface area contributed by atoms with Crippen LogP contribution in [0, 0.1) is 22.2 Å². The van der Waals surface area contributed by atoms with Crippen molar-refractivity contribution in [3.8, 4) is 5.75 Å². The van der Waals surface area contributed by atoms with E-state index in [0.717, 1.165) is 12.1 Å². The molecule has 11 nitrogen and oxygen atoms in total. The van der Waals surface area contributed by atoms with Gasteiger partial charge in [0.05, 0.1) is 34.1 Å². The summed E-state index contributed by atoms with van der Waals surface area (Å²) in [7, 11) is -8.22. The van der Waals surface area contributed by atoms with Crippen LogP contribution in [0.25, 0.3) is 0 Å². The normalized spacial score (nSPS) is 12.4. The van der Waals surface area contributed by atoms with E-state index in [0.29, 0.717) is 0 Å². The van der Waals surface area contributed by atoms with E-state index in [2.05, 4.69) is 0 Å². The predicted octanol–water partition coefficient (Wildman–Crippen LogP) is 6.31. The molecule has 0 aromatic heterocycles. The van der Waals surface area contributed by atoms with E-state index in [-0.39, 0.29) is 157 Å². The monoisotopic (exact) mass is 779 g/mol. The van der Waals surface area contributed by atoms with Crippen molar-refractivity contribution in [2.45, 2.75) is 154 Å². The van der Waals surface area contributed by atoms with E-state index in [1.54, 1.807) is 34.6 Å². The third kappa shape index (κ3) is 29.4. The molecule has 1 rings (SSSR count). The number of hydrogen-bond donors (Lipinski definition) is 0. The van der Waals surface area contributed by atoms with Crippen molar-refractivity contribution in [1.29, 1.82) is 0 Å². The summed E-state index contributed by atoms with van der Waals surface area (Å²) in [5.74, 6) is -3.44. The van der Waals surface area contributed by atoms with Crippen molar-refractivity contribution >= 4 is 32.2 Å². The van der Waals surface area contributed by atoms with Crippen LogP contribution in [0.4, 0.5) is 0 Å². The summed E-state index contributed by atoms with van der Waals surface area (Å²) >= 11 is 0. The van der Waals surface area contributed by atoms with Crippen LogP contribution in [0.1, 0.15) is 149 Å². The van der Waals surface area contributed by atoms with Gasteiger partial charge in [0.1, 0.15) is 15.9 Å². The standard InChI is InChI=1S/C24H38O11S2.12CH4.Na/c1-7-17(20(25)26)12-23(4,15-35-18-8-10-19(11-9-18)37(31,32)33)14-24(5,16-36(28,29)30)13-22(2,3)21(27)34-6;;;;;;;;;;;;;/h8-11,17H,7,12-16H2,1-6H3,(H,25,26)(H,28,29,30)(H,31,32,33);12*1H4;/q;;;;;;;;;;;;;+1/p-3. The Bertz CT molecular complexity index is 1170. The van der Waals surface area contributed by atoms with E-state index in [1.807, 2.05) is 0 Å². The SMILES string of the molecule is C.C.C.C.C.C.C.C.C.C.C.C.CCC(CC(C)(COc1ccc(S(=O)(=O)[O-])cc1)CC(C)(CC(C)(C)C(=O)OC)CS(=O)(=O)[O-])C(=O)[O-].[Na+]. The number of methoxy groups -OCH3 is 1. The molecule has 1 aromatic carbocycles. The zero-order chi connectivity index (χ0) is 28.9. The molecule has 0 N–H and O–H groups in total. The van der Waals surface area contributed by atoms with E-state index in [1.165, 1.54) is 19.2 Å². The zero-order valence-electron chi connectivity index (χ0n) is 22.9. The Morgan fingerprint density at radius 3 is 1.44 bits per heavy atom. The first kappa shape index (κ1) is 87.0. The molecule has 308 valence electrons. The average molecular weight is 779 g/mol. The predicted molar refractivity (Wildman–Crippen MR) is 210 cm³/mol. The van der Waals surface area contributed by atoms with Gasteiger partial charge >= 0.3 is 35.5 Å². The van der Waals surface area contributed by atoms with Gasteiger partial charge in [-0.3, -0.25) is 4.79 Å². The van der Waals surface area contributed by atoms with Crippen molar-refractivity contribution in [3.63, 3.8) is 0 Å². The van der Waals surface area contributed by atoms with Gasteiger partial charge in [-0.1, -0.05) is 110 Å². The smallest absolute Gasteiger partial charge is 0.748 e. The molecule has 0 saturated heterocycles. The van der Waals surface area contributed by atoms with Gasteiger partial charge in [-0.05, 0) is 75.1 Å². The van der Waals surface area contributed by atoms with Gasteiger partial charge in [0.2, 0.25) is 0 Å². The Kier molecular flexibility index (Phi) is 58.5. The minimum absolute atomic E-state index is 0. The molecule has 3 unspecified atom stereocenters. The van der Waals surface area contributed by atoms with Crippen molar-refractivity contribution in [1.82, 2.24) is 0 Å². The van der Waals surface area contributed by atoms with Gasteiger partial charge in [-0.2, -0.15) is 0 Å². The fourth-order valence-corrected chi connectivity index (χ4v) is 6.70. The molecule has 14 heteroatoms. The number of ether oxygens (including phenoxy) is 2. The number of aliphatic carboxylic acids is 1. The summed E-state index contributed by atoms with van der Waals surface area (Å²) in [6.45, 7) is 7.85. The molecule has 0 amide bonds. The maximum absolute atomic E-state index is 12.3. The molecule has 0 aliphatic carbocycles. The molecular weight excluding hydrogens is 696 g/mol. The van der Waals surface area contributed by atoms with Crippen LogP contribution in [-0.2, 0) is 34.6 Å². The fourth-order valence-electron chi connectivity index (χ4n) is 5.17. The second-order valence-electron chi connectivity index (χ2n) is 10.9. The Balaban J connectivity index is -0.0000000957. The molecule has 0 aliphatic heterocycles. The van der Waals surface area contributed by atoms with Gasteiger partial charge in [0.25, 0.3) is 0 Å². The molecule has 0 saturated carbocycles. The maximum atomic E-state index is 12.3. The summed E-state index contributed by atoms with van der Waals surface area (Å²) in [5, 5.41) is 11.7. The van der Waals surface area contributed by atoms with Gasteiger partial charge in [0.15, 0.2) is 0 Å². The van der Waals surface area contributed by atoms with Crippen LogP contribution in [0.2, 0.25) is 0 Å². The molecule has 0 radical (unpaired) electrons. The van der Waals surface area contributed by atoms with E-state index < -0.39 is 65.0 Å². The largest absolute Gasteiger partial charge is 1.00 e. The molecule has 0 bridgehead atoms. The second-order valence-corrected chi connectivity index (χ2v) is 13.7. The van der Waals surface area contributed by atoms with Crippen LogP contribution in [-0.4, -0.2) is 57.3 Å². The molecule has 0 fully saturated rings. The number of benzene rings is 1. The van der Waals surface area contributed by atoms with Crippen LogP contribution in [0.5, 0.6) is 5.75 Å². The minimum atomic E-state index is -4.75. The number of hydrogen-bond acceptors (Lipinski definition) is 11. The van der Waals surface area contributed by atoms with Crippen LogP contribution >= 0.6 is 0 Å². The maximum Gasteiger partial charge on any atom is 1.00 e. The third-order valence-corrected chi connectivity index (χ3v) is 8.15. The Morgan fingerprint density at radius 1 is 0.740 bits per heavy atom. The van der Waals surface area contributed by atoms with Gasteiger partial charge in [-0.25, -0.2) is 16.8 Å². The topological polar surface area (TPSA) is 190 Å². The summed E-state index contributed by atoms with van der Waals surface area (Å²) < 4.78 is 79.7. The van der Waals surface area contributed by atoms with Crippen LogP contribution in [0.15, 0.2) is 29.2 Å². The number of carbonyl (C=O) groups is 2.